The number of rotatable bonds is 5. The summed E-state index contributed by atoms with van der Waals surface area (Å²) in [7, 11) is -2.81. The van der Waals surface area contributed by atoms with Crippen LogP contribution < -0.4 is 10.6 Å². The first-order valence-corrected chi connectivity index (χ1v) is 12.6. The van der Waals surface area contributed by atoms with Crippen LogP contribution in [0, 0.1) is 5.92 Å². The minimum absolute atomic E-state index is 0.222. The number of nitrogens with one attached hydrogen (secondary N) is 2. The van der Waals surface area contributed by atoms with Crippen LogP contribution in [0.5, 0.6) is 0 Å². The first-order valence-electron chi connectivity index (χ1n) is 9.83. The summed E-state index contributed by atoms with van der Waals surface area (Å²) >= 11 is 2.03. The van der Waals surface area contributed by atoms with Crippen LogP contribution in [0.3, 0.4) is 0 Å². The molecular formula is C18H33N3O2S2. The van der Waals surface area contributed by atoms with Gasteiger partial charge in [-0.15, -0.1) is 0 Å². The maximum absolute atomic E-state index is 11.7. The van der Waals surface area contributed by atoms with Crippen molar-refractivity contribution < 1.29 is 8.42 Å². The summed E-state index contributed by atoms with van der Waals surface area (Å²) in [6.07, 6.45) is 9.65. The topological polar surface area (TPSA) is 70.6 Å². The second-order valence-electron chi connectivity index (χ2n) is 8.20. The van der Waals surface area contributed by atoms with E-state index < -0.39 is 9.84 Å². The fraction of sp³-hybridized carbons (Fsp3) is 0.944. The molecule has 3 fully saturated rings. The summed E-state index contributed by atoms with van der Waals surface area (Å²) in [4.78, 5) is 4.89. The van der Waals surface area contributed by atoms with E-state index >= 15 is 0 Å². The molecule has 2 unspecified atom stereocenters. The van der Waals surface area contributed by atoms with Crippen LogP contribution in [0.4, 0.5) is 0 Å². The molecule has 1 saturated carbocycles. The predicted octanol–water partition coefficient (Wildman–Crippen LogP) is 2.57. The fourth-order valence-corrected chi connectivity index (χ4v) is 7.16. The fourth-order valence-electron chi connectivity index (χ4n) is 4.07. The van der Waals surface area contributed by atoms with Crippen LogP contribution in [0.1, 0.15) is 58.3 Å². The van der Waals surface area contributed by atoms with Crippen molar-refractivity contribution in [3.8, 4) is 0 Å². The normalized spacial score (nSPS) is 33.5. The molecule has 5 nitrogen and oxygen atoms in total. The van der Waals surface area contributed by atoms with E-state index in [2.05, 4.69) is 17.6 Å². The molecule has 0 amide bonds. The van der Waals surface area contributed by atoms with Gasteiger partial charge in [0.15, 0.2) is 15.8 Å². The lowest BCUT2D eigenvalue weighted by atomic mass is 9.96. The van der Waals surface area contributed by atoms with Crippen molar-refractivity contribution in [3.63, 3.8) is 0 Å². The molecule has 7 heteroatoms. The minimum Gasteiger partial charge on any atom is -0.356 e. The van der Waals surface area contributed by atoms with Crippen LogP contribution in [0.15, 0.2) is 4.99 Å². The summed E-state index contributed by atoms with van der Waals surface area (Å²) in [5.74, 6) is 3.02. The maximum Gasteiger partial charge on any atom is 0.191 e. The number of thioether (sulfide) groups is 1. The quantitative estimate of drug-likeness (QED) is 0.560. The zero-order valence-corrected chi connectivity index (χ0v) is 17.1. The van der Waals surface area contributed by atoms with Gasteiger partial charge in [-0.25, -0.2) is 8.42 Å². The van der Waals surface area contributed by atoms with Crippen LogP contribution >= 0.6 is 11.8 Å². The summed E-state index contributed by atoms with van der Waals surface area (Å²) in [6, 6.07) is 0.511. The maximum atomic E-state index is 11.7. The van der Waals surface area contributed by atoms with Crippen molar-refractivity contribution in [2.45, 2.75) is 69.1 Å². The van der Waals surface area contributed by atoms with Crippen molar-refractivity contribution in [2.24, 2.45) is 10.9 Å². The van der Waals surface area contributed by atoms with Crippen LogP contribution in [-0.2, 0) is 9.84 Å². The molecule has 2 saturated heterocycles. The summed E-state index contributed by atoms with van der Waals surface area (Å²) in [5.41, 5.74) is 0. The van der Waals surface area contributed by atoms with Crippen LogP contribution in [-0.4, -0.2) is 55.5 Å². The Morgan fingerprint density at radius 2 is 2.00 bits per heavy atom. The number of hydrogen-bond donors (Lipinski definition) is 2. The molecule has 144 valence electrons. The SMILES string of the molecule is CC1(CN=C(NCC2CCS(=O)(=O)C2)NC2CCCCC2)CCCS1. The number of sulfone groups is 1. The molecule has 25 heavy (non-hydrogen) atoms. The number of aliphatic imine (C=N–C) groups is 1. The van der Waals surface area contributed by atoms with Crippen molar-refractivity contribution in [1.82, 2.24) is 10.6 Å². The van der Waals surface area contributed by atoms with E-state index in [0.29, 0.717) is 24.1 Å². The number of nitrogens with zero attached hydrogens (tertiary/aromatic N) is 1. The van der Waals surface area contributed by atoms with Crippen molar-refractivity contribution in [3.05, 3.63) is 0 Å². The molecule has 0 bridgehead atoms. The molecule has 0 aromatic rings. The van der Waals surface area contributed by atoms with Gasteiger partial charge in [-0.1, -0.05) is 19.3 Å². The first kappa shape index (κ1) is 19.3. The molecule has 3 rings (SSSR count). The predicted molar refractivity (Wildman–Crippen MR) is 107 cm³/mol. The van der Waals surface area contributed by atoms with Crippen molar-refractivity contribution >= 4 is 27.6 Å². The third-order valence-corrected chi connectivity index (χ3v) is 9.06. The van der Waals surface area contributed by atoms with E-state index in [1.807, 2.05) is 11.8 Å². The van der Waals surface area contributed by atoms with Crippen molar-refractivity contribution in [2.75, 3.05) is 30.3 Å². The lowest BCUT2D eigenvalue weighted by molar-refractivity contribution is 0.408. The highest BCUT2D eigenvalue weighted by Crippen LogP contribution is 2.37. The Morgan fingerprint density at radius 3 is 2.64 bits per heavy atom. The standard InChI is InChI=1S/C18H33N3O2S2/c1-18(9-5-10-24-18)14-20-17(21-16-6-3-2-4-7-16)19-12-15-8-11-25(22,23)13-15/h15-16H,2-14H2,1H3,(H2,19,20,21). The average Bonchev–Trinajstić information content (AvgIpc) is 3.17. The third kappa shape index (κ3) is 6.05. The Labute approximate surface area is 157 Å². The highest BCUT2D eigenvalue weighted by molar-refractivity contribution is 8.00. The molecule has 0 aromatic carbocycles. The molecule has 0 spiro atoms. The highest BCUT2D eigenvalue weighted by Gasteiger charge is 2.30. The van der Waals surface area contributed by atoms with E-state index in [-0.39, 0.29) is 10.7 Å². The van der Waals surface area contributed by atoms with Gasteiger partial charge >= 0.3 is 0 Å². The molecule has 2 atom stereocenters. The smallest absolute Gasteiger partial charge is 0.191 e. The van der Waals surface area contributed by atoms with Gasteiger partial charge in [-0.3, -0.25) is 4.99 Å². The minimum atomic E-state index is -2.81. The summed E-state index contributed by atoms with van der Waals surface area (Å²) < 4.78 is 23.6. The molecular weight excluding hydrogens is 354 g/mol. The van der Waals surface area contributed by atoms with E-state index in [0.717, 1.165) is 18.9 Å². The van der Waals surface area contributed by atoms with Gasteiger partial charge in [0.05, 0.1) is 18.1 Å². The molecule has 2 aliphatic heterocycles. The summed E-state index contributed by atoms with van der Waals surface area (Å²) in [6.45, 7) is 3.86. The second kappa shape index (κ2) is 8.51. The van der Waals surface area contributed by atoms with E-state index in [1.54, 1.807) is 0 Å². The second-order valence-corrected chi connectivity index (χ2v) is 12.1. The Bertz CT molecular complexity index is 565. The van der Waals surface area contributed by atoms with E-state index in [4.69, 9.17) is 4.99 Å². The van der Waals surface area contributed by atoms with Gasteiger partial charge < -0.3 is 10.6 Å². The van der Waals surface area contributed by atoms with Crippen LogP contribution in [0.25, 0.3) is 0 Å². The van der Waals surface area contributed by atoms with E-state index in [9.17, 15) is 8.42 Å². The molecule has 2 N–H and O–H groups in total. The lowest BCUT2D eigenvalue weighted by Crippen LogP contribution is -2.46. The Morgan fingerprint density at radius 1 is 1.20 bits per heavy atom. The van der Waals surface area contributed by atoms with Gasteiger partial charge in [0.25, 0.3) is 0 Å². The van der Waals surface area contributed by atoms with Crippen molar-refractivity contribution in [1.29, 1.82) is 0 Å². The largest absolute Gasteiger partial charge is 0.356 e. The molecule has 1 aliphatic carbocycles. The van der Waals surface area contributed by atoms with E-state index in [1.165, 1.54) is 50.7 Å². The Balaban J connectivity index is 1.57. The number of guanidine groups is 1. The molecule has 0 radical (unpaired) electrons. The molecule has 0 aromatic heterocycles. The monoisotopic (exact) mass is 387 g/mol. The van der Waals surface area contributed by atoms with Gasteiger partial charge in [-0.2, -0.15) is 11.8 Å². The Hall–Kier alpha value is -0.430. The average molecular weight is 388 g/mol. The van der Waals surface area contributed by atoms with Gasteiger partial charge in [0.2, 0.25) is 0 Å². The molecule has 3 aliphatic rings. The van der Waals surface area contributed by atoms with Gasteiger partial charge in [-0.05, 0) is 50.7 Å². The zero-order valence-electron chi connectivity index (χ0n) is 15.4. The number of hydrogen-bond acceptors (Lipinski definition) is 4. The zero-order chi connectivity index (χ0) is 17.8. The third-order valence-electron chi connectivity index (χ3n) is 5.70. The van der Waals surface area contributed by atoms with Gasteiger partial charge in [0.1, 0.15) is 0 Å². The lowest BCUT2D eigenvalue weighted by Gasteiger charge is -2.27. The molecule has 2 heterocycles. The summed E-state index contributed by atoms with van der Waals surface area (Å²) in [5, 5.41) is 7.08. The van der Waals surface area contributed by atoms with Gasteiger partial charge in [0, 0.05) is 17.3 Å². The Kier molecular flexibility index (Phi) is 6.58. The van der Waals surface area contributed by atoms with Crippen LogP contribution in [0.2, 0.25) is 0 Å². The first-order chi connectivity index (χ1) is 11.9. The highest BCUT2D eigenvalue weighted by atomic mass is 32.2.